The van der Waals surface area contributed by atoms with Crippen LogP contribution in [0.5, 0.6) is 0 Å². The number of anilines is 1. The predicted octanol–water partition coefficient (Wildman–Crippen LogP) is 4.47. The van der Waals surface area contributed by atoms with Crippen LogP contribution >= 0.6 is 34.7 Å². The number of amides is 1. The van der Waals surface area contributed by atoms with E-state index in [2.05, 4.69) is 49.7 Å². The van der Waals surface area contributed by atoms with Crippen LogP contribution in [-0.4, -0.2) is 40.2 Å². The molecule has 0 atom stereocenters. The van der Waals surface area contributed by atoms with Crippen LogP contribution in [0, 0.1) is 0 Å². The van der Waals surface area contributed by atoms with E-state index in [1.54, 1.807) is 0 Å². The first-order valence-electron chi connectivity index (χ1n) is 9.37. The van der Waals surface area contributed by atoms with Crippen molar-refractivity contribution in [3.8, 4) is 0 Å². The number of aromatic nitrogens is 4. The van der Waals surface area contributed by atoms with Gasteiger partial charge in [0, 0.05) is 5.75 Å². The van der Waals surface area contributed by atoms with Gasteiger partial charge >= 0.3 is 0 Å². The molecule has 0 saturated heterocycles. The molecule has 32 heavy (non-hydrogen) atoms. The molecule has 0 spiro atoms. The molecule has 0 aliphatic carbocycles. The highest BCUT2D eigenvalue weighted by atomic mass is 35.5. The standard InChI is InChI=1S/C20H16ClN5O3S3/c1-2-32(28,29)19-22-10-15(21)16(23-19)17(27)24-18-25-26-20(31-18)30-11-13-8-5-7-12-6-3-4-9-14(12)13/h3-10H,2,11H2,1H3,(H,24,25,27). The number of hydrogen-bond donors (Lipinski definition) is 1. The summed E-state index contributed by atoms with van der Waals surface area (Å²) in [6.45, 7) is 1.46. The van der Waals surface area contributed by atoms with Crippen LogP contribution in [0.2, 0.25) is 5.02 Å². The summed E-state index contributed by atoms with van der Waals surface area (Å²) in [5, 5.41) is 12.7. The predicted molar refractivity (Wildman–Crippen MR) is 126 cm³/mol. The minimum Gasteiger partial charge on any atom is -0.295 e. The lowest BCUT2D eigenvalue weighted by Gasteiger charge is -2.05. The summed E-state index contributed by atoms with van der Waals surface area (Å²) in [5.41, 5.74) is 0.931. The summed E-state index contributed by atoms with van der Waals surface area (Å²) in [6, 6.07) is 14.3. The molecule has 0 saturated carbocycles. The molecule has 0 bridgehead atoms. The largest absolute Gasteiger partial charge is 0.295 e. The van der Waals surface area contributed by atoms with E-state index in [4.69, 9.17) is 11.6 Å². The molecule has 0 unspecified atom stereocenters. The molecule has 1 N–H and O–H groups in total. The van der Waals surface area contributed by atoms with E-state index >= 15 is 0 Å². The molecule has 164 valence electrons. The molecule has 4 rings (SSSR count). The third kappa shape index (κ3) is 4.90. The Morgan fingerprint density at radius 3 is 2.75 bits per heavy atom. The molecule has 0 radical (unpaired) electrons. The Morgan fingerprint density at radius 2 is 1.94 bits per heavy atom. The van der Waals surface area contributed by atoms with Gasteiger partial charge in [0.2, 0.25) is 20.1 Å². The third-order valence-electron chi connectivity index (χ3n) is 4.45. The van der Waals surface area contributed by atoms with Crippen LogP contribution in [0.1, 0.15) is 23.0 Å². The molecule has 2 aromatic heterocycles. The van der Waals surface area contributed by atoms with Crippen LogP contribution in [0.25, 0.3) is 10.8 Å². The normalized spacial score (nSPS) is 11.6. The van der Waals surface area contributed by atoms with Gasteiger partial charge in [-0.25, -0.2) is 18.4 Å². The Hall–Kier alpha value is -2.60. The topological polar surface area (TPSA) is 115 Å². The Balaban J connectivity index is 1.46. The number of sulfone groups is 1. The van der Waals surface area contributed by atoms with Crippen molar-refractivity contribution in [3.05, 3.63) is 64.9 Å². The number of nitrogens with one attached hydrogen (secondary N) is 1. The molecule has 0 aliphatic heterocycles. The van der Waals surface area contributed by atoms with E-state index < -0.39 is 20.9 Å². The highest BCUT2D eigenvalue weighted by Gasteiger charge is 2.22. The number of hydrogen-bond acceptors (Lipinski definition) is 9. The summed E-state index contributed by atoms with van der Waals surface area (Å²) in [5.74, 6) is -0.185. The van der Waals surface area contributed by atoms with Crippen molar-refractivity contribution >= 4 is 66.3 Å². The number of thioether (sulfide) groups is 1. The zero-order chi connectivity index (χ0) is 22.7. The Morgan fingerprint density at radius 1 is 1.16 bits per heavy atom. The SMILES string of the molecule is CCS(=O)(=O)c1ncc(Cl)c(C(=O)Nc2nnc(SCc3cccc4ccccc34)s2)n1. The van der Waals surface area contributed by atoms with Crippen LogP contribution in [0.3, 0.4) is 0 Å². The van der Waals surface area contributed by atoms with Gasteiger partial charge < -0.3 is 0 Å². The van der Waals surface area contributed by atoms with Crippen molar-refractivity contribution in [3.63, 3.8) is 0 Å². The van der Waals surface area contributed by atoms with E-state index in [9.17, 15) is 13.2 Å². The fourth-order valence-corrected chi connectivity index (χ4v) is 5.45. The number of nitrogens with zero attached hydrogens (tertiary/aromatic N) is 4. The minimum absolute atomic E-state index is 0.0624. The summed E-state index contributed by atoms with van der Waals surface area (Å²) in [7, 11) is -3.68. The lowest BCUT2D eigenvalue weighted by atomic mass is 10.1. The van der Waals surface area contributed by atoms with Gasteiger partial charge in [0.15, 0.2) is 10.0 Å². The van der Waals surface area contributed by atoms with Gasteiger partial charge in [-0.1, -0.05) is 84.1 Å². The Kier molecular flexibility index (Phi) is 6.70. The van der Waals surface area contributed by atoms with E-state index in [1.165, 1.54) is 46.4 Å². The number of carbonyl (C=O) groups is 1. The quantitative estimate of drug-likeness (QED) is 0.222. The molecule has 12 heteroatoms. The highest BCUT2D eigenvalue weighted by Crippen LogP contribution is 2.31. The fourth-order valence-electron chi connectivity index (χ4n) is 2.82. The summed E-state index contributed by atoms with van der Waals surface area (Å²) >= 11 is 8.71. The number of fused-ring (bicyclic) bond motifs is 1. The monoisotopic (exact) mass is 505 g/mol. The lowest BCUT2D eigenvalue weighted by molar-refractivity contribution is 0.102. The minimum atomic E-state index is -3.68. The smallest absolute Gasteiger partial charge is 0.277 e. The van der Waals surface area contributed by atoms with E-state index in [1.807, 2.05) is 18.2 Å². The second-order valence-corrected chi connectivity index (χ2v) is 11.3. The maximum atomic E-state index is 12.6. The van der Waals surface area contributed by atoms with Gasteiger partial charge in [0.1, 0.15) is 0 Å². The molecule has 8 nitrogen and oxygen atoms in total. The van der Waals surface area contributed by atoms with Gasteiger partial charge in [-0.05, 0) is 16.3 Å². The first-order valence-corrected chi connectivity index (χ1v) is 13.2. The molecular weight excluding hydrogens is 490 g/mol. The molecule has 0 aliphatic rings. The van der Waals surface area contributed by atoms with Crippen LogP contribution < -0.4 is 5.32 Å². The maximum absolute atomic E-state index is 12.6. The lowest BCUT2D eigenvalue weighted by Crippen LogP contribution is -2.18. The number of benzene rings is 2. The zero-order valence-electron chi connectivity index (χ0n) is 16.6. The first kappa shape index (κ1) is 22.6. The van der Waals surface area contributed by atoms with Gasteiger partial charge in [-0.3, -0.25) is 10.1 Å². The second kappa shape index (κ2) is 9.49. The fraction of sp³-hybridized carbons (Fsp3) is 0.150. The van der Waals surface area contributed by atoms with Crippen LogP contribution in [0.4, 0.5) is 5.13 Å². The van der Waals surface area contributed by atoms with Gasteiger partial charge in [0.05, 0.1) is 17.0 Å². The van der Waals surface area contributed by atoms with Crippen molar-refractivity contribution in [2.75, 3.05) is 11.1 Å². The highest BCUT2D eigenvalue weighted by molar-refractivity contribution is 8.00. The first-order chi connectivity index (χ1) is 15.4. The molecule has 2 aromatic carbocycles. The van der Waals surface area contributed by atoms with Crippen molar-refractivity contribution in [1.82, 2.24) is 20.2 Å². The van der Waals surface area contributed by atoms with Crippen LogP contribution in [-0.2, 0) is 15.6 Å². The molecule has 2 heterocycles. The summed E-state index contributed by atoms with van der Waals surface area (Å²) < 4.78 is 24.7. The second-order valence-electron chi connectivity index (χ2n) is 6.51. The third-order valence-corrected chi connectivity index (χ3v) is 8.26. The van der Waals surface area contributed by atoms with E-state index in [0.717, 1.165) is 6.20 Å². The number of halogens is 1. The average Bonchev–Trinajstić information content (AvgIpc) is 3.24. The molecule has 0 fully saturated rings. The summed E-state index contributed by atoms with van der Waals surface area (Å²) in [4.78, 5) is 20.1. The number of rotatable bonds is 7. The van der Waals surface area contributed by atoms with E-state index in [0.29, 0.717) is 10.1 Å². The molecule has 1 amide bonds. The molecular formula is C20H16ClN5O3S3. The Labute approximate surface area is 197 Å². The molecule has 4 aromatic rings. The zero-order valence-corrected chi connectivity index (χ0v) is 19.9. The van der Waals surface area contributed by atoms with Crippen molar-refractivity contribution in [2.45, 2.75) is 22.2 Å². The average molecular weight is 506 g/mol. The van der Waals surface area contributed by atoms with Crippen molar-refractivity contribution in [1.29, 1.82) is 0 Å². The van der Waals surface area contributed by atoms with Gasteiger partial charge in [-0.2, -0.15) is 0 Å². The summed E-state index contributed by atoms with van der Waals surface area (Å²) in [6.07, 6.45) is 1.09. The maximum Gasteiger partial charge on any atom is 0.277 e. The van der Waals surface area contributed by atoms with Crippen molar-refractivity contribution in [2.24, 2.45) is 0 Å². The number of carbonyl (C=O) groups excluding carboxylic acids is 1. The van der Waals surface area contributed by atoms with Gasteiger partial charge in [-0.15, -0.1) is 10.2 Å². The van der Waals surface area contributed by atoms with E-state index in [-0.39, 0.29) is 21.6 Å². The van der Waals surface area contributed by atoms with Crippen molar-refractivity contribution < 1.29 is 13.2 Å². The van der Waals surface area contributed by atoms with Gasteiger partial charge in [0.25, 0.3) is 5.91 Å². The Bertz CT molecular complexity index is 1400. The van der Waals surface area contributed by atoms with Crippen LogP contribution in [0.15, 0.2) is 58.2 Å².